The zero-order valence-corrected chi connectivity index (χ0v) is 12.9. The van der Waals surface area contributed by atoms with Crippen molar-refractivity contribution in [3.63, 3.8) is 0 Å². The van der Waals surface area contributed by atoms with Gasteiger partial charge in [0, 0.05) is 17.1 Å². The summed E-state index contributed by atoms with van der Waals surface area (Å²) in [5.74, 6) is -1.23. The Labute approximate surface area is 138 Å². The second kappa shape index (κ2) is 7.73. The first-order valence-corrected chi connectivity index (χ1v) is 7.57. The molecule has 8 heteroatoms. The smallest absolute Gasteiger partial charge is 0.249 e. The highest BCUT2D eigenvalue weighted by atomic mass is 16.4. The van der Waals surface area contributed by atoms with Crippen LogP contribution in [0.1, 0.15) is 12.0 Å². The molecular weight excluding hydrogens is 316 g/mol. The predicted octanol–water partition coefficient (Wildman–Crippen LogP) is -1.61. The number of carbonyl (C=O) groups excluding carboxylic acids is 1. The fourth-order valence-electron chi connectivity index (χ4n) is 2.60. The Balaban J connectivity index is 1.96. The number of hydrogen-bond acceptors (Lipinski definition) is 6. The highest BCUT2D eigenvalue weighted by Crippen LogP contribution is 2.20. The van der Waals surface area contributed by atoms with Gasteiger partial charge in [0.05, 0.1) is 6.10 Å². The maximum Gasteiger partial charge on any atom is 0.249 e. The van der Waals surface area contributed by atoms with E-state index in [0.29, 0.717) is 6.42 Å². The number of aromatic amines is 1. The van der Waals surface area contributed by atoms with Crippen molar-refractivity contribution in [1.82, 2.24) is 4.98 Å². The van der Waals surface area contributed by atoms with Crippen molar-refractivity contribution in [2.75, 3.05) is 0 Å². The van der Waals surface area contributed by atoms with E-state index in [9.17, 15) is 30.3 Å². The molecule has 24 heavy (non-hydrogen) atoms. The van der Waals surface area contributed by atoms with E-state index in [1.807, 2.05) is 24.3 Å². The van der Waals surface area contributed by atoms with Crippen LogP contribution in [-0.2, 0) is 11.2 Å². The van der Waals surface area contributed by atoms with Gasteiger partial charge >= 0.3 is 0 Å². The molecule has 1 amide bonds. The summed E-state index contributed by atoms with van der Waals surface area (Å²) in [5, 5.41) is 49.6. The molecule has 1 heterocycles. The summed E-state index contributed by atoms with van der Waals surface area (Å²) < 4.78 is 0. The minimum Gasteiger partial charge on any atom is -0.390 e. The standard InChI is InChI=1S/C16H22N2O6/c17-16(24)15(23)14(22)13(21)12(20)11(19)6-5-8-7-18-10-4-2-1-3-9(8)10/h1-4,7,11-15,18-23H,5-6H2,(H2,17,24)/t11?,12-,13-,14+,15+/m1/s1. The van der Waals surface area contributed by atoms with Crippen LogP contribution in [0.2, 0.25) is 0 Å². The summed E-state index contributed by atoms with van der Waals surface area (Å²) in [6.07, 6.45) is -6.70. The molecule has 2 rings (SSSR count). The van der Waals surface area contributed by atoms with E-state index in [1.165, 1.54) is 0 Å². The number of benzene rings is 1. The first-order valence-electron chi connectivity index (χ1n) is 7.57. The van der Waals surface area contributed by atoms with Crippen molar-refractivity contribution in [2.45, 2.75) is 43.4 Å². The first-order chi connectivity index (χ1) is 11.3. The van der Waals surface area contributed by atoms with Crippen molar-refractivity contribution in [2.24, 2.45) is 5.73 Å². The van der Waals surface area contributed by atoms with Gasteiger partial charge in [0.25, 0.3) is 0 Å². The third-order valence-electron chi connectivity index (χ3n) is 4.09. The van der Waals surface area contributed by atoms with Crippen molar-refractivity contribution in [3.05, 3.63) is 36.0 Å². The molecule has 0 saturated heterocycles. The number of H-pyrrole nitrogens is 1. The van der Waals surface area contributed by atoms with Crippen LogP contribution in [0, 0.1) is 0 Å². The van der Waals surface area contributed by atoms with Crippen LogP contribution in [0.5, 0.6) is 0 Å². The summed E-state index contributed by atoms with van der Waals surface area (Å²) in [7, 11) is 0. The fourth-order valence-corrected chi connectivity index (χ4v) is 2.60. The Morgan fingerprint density at radius 3 is 2.38 bits per heavy atom. The van der Waals surface area contributed by atoms with Crippen LogP contribution < -0.4 is 5.73 Å². The van der Waals surface area contributed by atoms with Crippen molar-refractivity contribution in [1.29, 1.82) is 0 Å². The van der Waals surface area contributed by atoms with E-state index < -0.39 is 36.4 Å². The number of aliphatic hydroxyl groups is 5. The van der Waals surface area contributed by atoms with E-state index in [1.54, 1.807) is 6.20 Å². The van der Waals surface area contributed by atoms with Crippen molar-refractivity contribution < 1.29 is 30.3 Å². The lowest BCUT2D eigenvalue weighted by atomic mass is 9.95. The van der Waals surface area contributed by atoms with Gasteiger partial charge in [-0.15, -0.1) is 0 Å². The number of nitrogens with one attached hydrogen (secondary N) is 1. The number of hydrogen-bond donors (Lipinski definition) is 7. The second-order valence-corrected chi connectivity index (χ2v) is 5.78. The number of aromatic nitrogens is 1. The maximum absolute atomic E-state index is 10.8. The zero-order chi connectivity index (χ0) is 17.9. The summed E-state index contributed by atoms with van der Waals surface area (Å²) in [6, 6.07) is 7.61. The second-order valence-electron chi connectivity index (χ2n) is 5.78. The fraction of sp³-hybridized carbons (Fsp3) is 0.438. The lowest BCUT2D eigenvalue weighted by Gasteiger charge is -2.28. The average molecular weight is 338 g/mol. The molecule has 5 atom stereocenters. The monoisotopic (exact) mass is 338 g/mol. The molecule has 132 valence electrons. The molecule has 1 unspecified atom stereocenters. The number of nitrogens with two attached hydrogens (primary N) is 1. The largest absolute Gasteiger partial charge is 0.390 e. The van der Waals surface area contributed by atoms with Crippen LogP contribution in [0.15, 0.2) is 30.5 Å². The Hall–Kier alpha value is -1.97. The van der Waals surface area contributed by atoms with Gasteiger partial charge in [0.2, 0.25) is 5.91 Å². The number of amides is 1. The molecule has 0 spiro atoms. The van der Waals surface area contributed by atoms with Crippen molar-refractivity contribution >= 4 is 16.8 Å². The van der Waals surface area contributed by atoms with Crippen LogP contribution in [0.3, 0.4) is 0 Å². The van der Waals surface area contributed by atoms with E-state index in [2.05, 4.69) is 4.98 Å². The summed E-state index contributed by atoms with van der Waals surface area (Å²) in [4.78, 5) is 13.9. The summed E-state index contributed by atoms with van der Waals surface area (Å²) in [6.45, 7) is 0. The molecule has 1 aromatic carbocycles. The first kappa shape index (κ1) is 18.4. The van der Waals surface area contributed by atoms with Gasteiger partial charge in [0.15, 0.2) is 6.10 Å². The Morgan fingerprint density at radius 1 is 1.04 bits per heavy atom. The van der Waals surface area contributed by atoms with Gasteiger partial charge in [-0.25, -0.2) is 0 Å². The van der Waals surface area contributed by atoms with Crippen LogP contribution >= 0.6 is 0 Å². The Kier molecular flexibility index (Phi) is 5.92. The van der Waals surface area contributed by atoms with Gasteiger partial charge in [-0.1, -0.05) is 18.2 Å². The number of aryl methyl sites for hydroxylation is 1. The van der Waals surface area contributed by atoms with Crippen molar-refractivity contribution in [3.8, 4) is 0 Å². The van der Waals surface area contributed by atoms with Gasteiger partial charge in [-0.3, -0.25) is 4.79 Å². The summed E-state index contributed by atoms with van der Waals surface area (Å²) in [5.41, 5.74) is 6.70. The molecule has 0 bridgehead atoms. The van der Waals surface area contributed by atoms with E-state index in [0.717, 1.165) is 16.5 Å². The minimum absolute atomic E-state index is 0.111. The number of aliphatic hydroxyl groups excluding tert-OH is 5. The molecule has 0 aliphatic carbocycles. The number of rotatable bonds is 8. The van der Waals surface area contributed by atoms with Gasteiger partial charge in [-0.05, 0) is 24.5 Å². The number of carbonyl (C=O) groups is 1. The molecule has 0 radical (unpaired) electrons. The van der Waals surface area contributed by atoms with E-state index in [4.69, 9.17) is 5.73 Å². The maximum atomic E-state index is 10.8. The molecule has 8 nitrogen and oxygen atoms in total. The van der Waals surface area contributed by atoms with E-state index >= 15 is 0 Å². The number of para-hydroxylation sites is 1. The molecule has 2 aromatic rings. The van der Waals surface area contributed by atoms with Gasteiger partial charge < -0.3 is 36.3 Å². The minimum atomic E-state index is -2.03. The summed E-state index contributed by atoms with van der Waals surface area (Å²) >= 11 is 0. The van der Waals surface area contributed by atoms with Gasteiger partial charge in [-0.2, -0.15) is 0 Å². The Morgan fingerprint density at radius 2 is 1.71 bits per heavy atom. The normalized spacial score (nSPS) is 18.0. The molecular formula is C16H22N2O6. The molecule has 0 aliphatic rings. The van der Waals surface area contributed by atoms with Crippen LogP contribution in [-0.4, -0.2) is 66.9 Å². The van der Waals surface area contributed by atoms with Crippen LogP contribution in [0.4, 0.5) is 0 Å². The SMILES string of the molecule is NC(=O)[C@@H](O)[C@@H](O)[C@H](O)[C@H](O)C(O)CCc1c[nH]c2ccccc12. The topological polar surface area (TPSA) is 160 Å². The quantitative estimate of drug-likeness (QED) is 0.306. The molecule has 8 N–H and O–H groups in total. The molecule has 1 aromatic heterocycles. The average Bonchev–Trinajstić information content (AvgIpc) is 3.00. The lowest BCUT2D eigenvalue weighted by molar-refractivity contribution is -0.152. The van der Waals surface area contributed by atoms with E-state index in [-0.39, 0.29) is 6.42 Å². The zero-order valence-electron chi connectivity index (χ0n) is 12.9. The molecule has 0 fully saturated rings. The third kappa shape index (κ3) is 3.92. The highest BCUT2D eigenvalue weighted by molar-refractivity contribution is 5.83. The highest BCUT2D eigenvalue weighted by Gasteiger charge is 2.36. The number of primary amides is 1. The molecule has 0 aliphatic heterocycles. The van der Waals surface area contributed by atoms with Crippen LogP contribution in [0.25, 0.3) is 10.9 Å². The third-order valence-corrected chi connectivity index (χ3v) is 4.09. The predicted molar refractivity (Wildman–Crippen MR) is 85.8 cm³/mol. The lowest BCUT2D eigenvalue weighted by Crippen LogP contribution is -2.52. The Bertz CT molecular complexity index is 688. The number of fused-ring (bicyclic) bond motifs is 1. The van der Waals surface area contributed by atoms with Gasteiger partial charge in [0.1, 0.15) is 18.3 Å². The molecule has 0 saturated carbocycles.